The van der Waals surface area contributed by atoms with Gasteiger partial charge in [0.25, 0.3) is 0 Å². The molecule has 112 valence electrons. The van der Waals surface area contributed by atoms with Crippen molar-refractivity contribution in [1.82, 2.24) is 0 Å². The molecule has 1 unspecified atom stereocenters. The number of aliphatic hydroxyl groups is 1. The molecule has 0 aliphatic heterocycles. The quantitative estimate of drug-likeness (QED) is 0.872. The number of halogens is 2. The molecule has 0 bridgehead atoms. The first-order valence-corrected chi connectivity index (χ1v) is 7.04. The summed E-state index contributed by atoms with van der Waals surface area (Å²) < 4.78 is 26.9. The predicted octanol–water partition coefficient (Wildman–Crippen LogP) is 3.91. The summed E-state index contributed by atoms with van der Waals surface area (Å²) in [6, 6.07) is 12.5. The Labute approximate surface area is 123 Å². The van der Waals surface area contributed by atoms with Crippen molar-refractivity contribution in [2.45, 2.75) is 19.4 Å². The molecule has 0 amide bonds. The highest BCUT2D eigenvalue weighted by molar-refractivity contribution is 5.47. The van der Waals surface area contributed by atoms with Crippen molar-refractivity contribution in [1.29, 1.82) is 0 Å². The molecule has 1 atom stereocenters. The zero-order valence-electron chi connectivity index (χ0n) is 12.0. The number of rotatable bonds is 6. The van der Waals surface area contributed by atoms with E-state index in [-0.39, 0.29) is 11.6 Å². The lowest BCUT2D eigenvalue weighted by molar-refractivity contribution is 0.169. The van der Waals surface area contributed by atoms with Crippen LogP contribution >= 0.6 is 0 Å². The fourth-order valence-electron chi connectivity index (χ4n) is 2.32. The van der Waals surface area contributed by atoms with E-state index in [0.29, 0.717) is 30.8 Å². The van der Waals surface area contributed by atoms with E-state index in [2.05, 4.69) is 0 Å². The molecule has 2 aromatic carbocycles. The van der Waals surface area contributed by atoms with Crippen molar-refractivity contribution in [2.75, 3.05) is 18.0 Å². The first-order valence-electron chi connectivity index (χ1n) is 7.04. The lowest BCUT2D eigenvalue weighted by Gasteiger charge is -2.25. The molecule has 0 radical (unpaired) electrons. The summed E-state index contributed by atoms with van der Waals surface area (Å²) in [5, 5.41) is 10.1. The zero-order chi connectivity index (χ0) is 15.2. The van der Waals surface area contributed by atoms with E-state index in [1.807, 2.05) is 11.8 Å². The van der Waals surface area contributed by atoms with Gasteiger partial charge in [-0.05, 0) is 43.2 Å². The summed E-state index contributed by atoms with van der Waals surface area (Å²) in [6.45, 7) is 3.06. The Kier molecular flexibility index (Phi) is 5.28. The van der Waals surface area contributed by atoms with Crippen LogP contribution in [0.3, 0.4) is 0 Å². The number of anilines is 1. The average Bonchev–Trinajstić information content (AvgIpc) is 2.49. The van der Waals surface area contributed by atoms with Gasteiger partial charge in [-0.2, -0.15) is 0 Å². The fourth-order valence-corrected chi connectivity index (χ4v) is 2.32. The van der Waals surface area contributed by atoms with Gasteiger partial charge in [-0.15, -0.1) is 0 Å². The molecule has 0 aromatic heterocycles. The number of hydrogen-bond acceptors (Lipinski definition) is 2. The molecule has 2 nitrogen and oxygen atoms in total. The SMILES string of the molecule is CCN(CCC(O)c1cccc(F)c1)c1ccccc1F. The average molecular weight is 291 g/mol. The van der Waals surface area contributed by atoms with Crippen molar-refractivity contribution in [3.05, 3.63) is 65.7 Å². The van der Waals surface area contributed by atoms with Crippen molar-refractivity contribution in [3.8, 4) is 0 Å². The molecule has 0 saturated carbocycles. The van der Waals surface area contributed by atoms with Crippen LogP contribution in [0.2, 0.25) is 0 Å². The van der Waals surface area contributed by atoms with Crippen LogP contribution in [-0.2, 0) is 0 Å². The minimum absolute atomic E-state index is 0.278. The second kappa shape index (κ2) is 7.18. The first-order chi connectivity index (χ1) is 10.1. The molecule has 0 heterocycles. The summed E-state index contributed by atoms with van der Waals surface area (Å²) in [4.78, 5) is 1.86. The third-order valence-corrected chi connectivity index (χ3v) is 3.48. The monoisotopic (exact) mass is 291 g/mol. The maximum Gasteiger partial charge on any atom is 0.146 e. The summed E-state index contributed by atoms with van der Waals surface area (Å²) >= 11 is 0. The van der Waals surface area contributed by atoms with E-state index < -0.39 is 6.10 Å². The number of aliphatic hydroxyl groups excluding tert-OH is 1. The van der Waals surface area contributed by atoms with Crippen LogP contribution in [0.15, 0.2) is 48.5 Å². The molecule has 21 heavy (non-hydrogen) atoms. The maximum absolute atomic E-state index is 13.8. The Hall–Kier alpha value is -1.94. The van der Waals surface area contributed by atoms with Gasteiger partial charge >= 0.3 is 0 Å². The van der Waals surface area contributed by atoms with E-state index >= 15 is 0 Å². The molecule has 4 heteroatoms. The van der Waals surface area contributed by atoms with Crippen LogP contribution in [0, 0.1) is 11.6 Å². The Balaban J connectivity index is 2.02. The number of nitrogens with zero attached hydrogens (tertiary/aromatic N) is 1. The van der Waals surface area contributed by atoms with Crippen molar-refractivity contribution < 1.29 is 13.9 Å². The predicted molar refractivity (Wildman–Crippen MR) is 80.3 cm³/mol. The van der Waals surface area contributed by atoms with Gasteiger partial charge in [0, 0.05) is 13.1 Å². The number of benzene rings is 2. The highest BCUT2D eigenvalue weighted by atomic mass is 19.1. The third-order valence-electron chi connectivity index (χ3n) is 3.48. The molecule has 2 aromatic rings. The third kappa shape index (κ3) is 4.02. The van der Waals surface area contributed by atoms with Crippen molar-refractivity contribution in [2.24, 2.45) is 0 Å². The summed E-state index contributed by atoms with van der Waals surface area (Å²) in [7, 11) is 0. The smallest absolute Gasteiger partial charge is 0.146 e. The minimum atomic E-state index is -0.762. The lowest BCUT2D eigenvalue weighted by Crippen LogP contribution is -2.26. The van der Waals surface area contributed by atoms with Crippen LogP contribution in [0.1, 0.15) is 25.0 Å². The normalized spacial score (nSPS) is 12.2. The van der Waals surface area contributed by atoms with E-state index in [9.17, 15) is 13.9 Å². The van der Waals surface area contributed by atoms with Gasteiger partial charge in [0.2, 0.25) is 0 Å². The second-order valence-electron chi connectivity index (χ2n) is 4.89. The van der Waals surface area contributed by atoms with E-state index in [1.54, 1.807) is 30.3 Å². The van der Waals surface area contributed by atoms with Gasteiger partial charge < -0.3 is 10.0 Å². The Morgan fingerprint density at radius 3 is 2.52 bits per heavy atom. The number of para-hydroxylation sites is 1. The first kappa shape index (κ1) is 15.4. The van der Waals surface area contributed by atoms with Gasteiger partial charge in [-0.3, -0.25) is 0 Å². The van der Waals surface area contributed by atoms with Gasteiger partial charge in [0.1, 0.15) is 11.6 Å². The van der Waals surface area contributed by atoms with Crippen molar-refractivity contribution in [3.63, 3.8) is 0 Å². The highest BCUT2D eigenvalue weighted by Gasteiger charge is 2.13. The van der Waals surface area contributed by atoms with Crippen LogP contribution in [-0.4, -0.2) is 18.2 Å². The van der Waals surface area contributed by atoms with E-state index in [4.69, 9.17) is 0 Å². The largest absolute Gasteiger partial charge is 0.388 e. The Morgan fingerprint density at radius 2 is 1.86 bits per heavy atom. The molecule has 2 rings (SSSR count). The van der Waals surface area contributed by atoms with Gasteiger partial charge in [0.05, 0.1) is 11.8 Å². The molecular formula is C17H19F2NO. The molecule has 0 fully saturated rings. The van der Waals surface area contributed by atoms with Crippen LogP contribution in [0.25, 0.3) is 0 Å². The fraction of sp³-hybridized carbons (Fsp3) is 0.294. The zero-order valence-corrected chi connectivity index (χ0v) is 12.0. The molecule has 1 N–H and O–H groups in total. The van der Waals surface area contributed by atoms with E-state index in [0.717, 1.165) is 0 Å². The second-order valence-corrected chi connectivity index (χ2v) is 4.89. The lowest BCUT2D eigenvalue weighted by atomic mass is 10.1. The minimum Gasteiger partial charge on any atom is -0.388 e. The summed E-state index contributed by atoms with van der Waals surface area (Å²) in [5.74, 6) is -0.646. The van der Waals surface area contributed by atoms with E-state index in [1.165, 1.54) is 18.2 Å². The van der Waals surface area contributed by atoms with Crippen LogP contribution in [0.4, 0.5) is 14.5 Å². The molecule has 0 aliphatic rings. The van der Waals surface area contributed by atoms with Gasteiger partial charge in [-0.25, -0.2) is 8.78 Å². The molecule has 0 aliphatic carbocycles. The summed E-state index contributed by atoms with van der Waals surface area (Å²) in [6.07, 6.45) is -0.354. The molecule has 0 spiro atoms. The van der Waals surface area contributed by atoms with Crippen LogP contribution < -0.4 is 4.90 Å². The Bertz CT molecular complexity index is 589. The maximum atomic E-state index is 13.8. The highest BCUT2D eigenvalue weighted by Crippen LogP contribution is 2.22. The van der Waals surface area contributed by atoms with Gasteiger partial charge in [0.15, 0.2) is 0 Å². The standard InChI is InChI=1S/C17H19F2NO/c1-2-20(16-9-4-3-8-15(16)19)11-10-17(21)13-6-5-7-14(18)12-13/h3-9,12,17,21H,2,10-11H2,1H3. The topological polar surface area (TPSA) is 23.5 Å². The Morgan fingerprint density at radius 1 is 1.10 bits per heavy atom. The summed E-state index contributed by atoms with van der Waals surface area (Å²) in [5.41, 5.74) is 1.06. The van der Waals surface area contributed by atoms with Crippen LogP contribution in [0.5, 0.6) is 0 Å². The van der Waals surface area contributed by atoms with Crippen molar-refractivity contribution >= 4 is 5.69 Å². The van der Waals surface area contributed by atoms with Gasteiger partial charge in [-0.1, -0.05) is 24.3 Å². The molecule has 0 saturated heterocycles. The molecular weight excluding hydrogens is 272 g/mol. The number of hydrogen-bond donors (Lipinski definition) is 1.